The molecule has 0 spiro atoms. The molecule has 0 aliphatic heterocycles. The number of carbonyl (C=O) groups is 2. The summed E-state index contributed by atoms with van der Waals surface area (Å²) in [6, 6.07) is 10.3. The van der Waals surface area contributed by atoms with Crippen molar-refractivity contribution in [1.82, 2.24) is 0 Å². The second-order valence-electron chi connectivity index (χ2n) is 5.56. The molecule has 2 aromatic rings. The van der Waals surface area contributed by atoms with Gasteiger partial charge in [0.2, 0.25) is 0 Å². The van der Waals surface area contributed by atoms with Crippen LogP contribution in [0.2, 0.25) is 5.02 Å². The van der Waals surface area contributed by atoms with E-state index in [0.717, 1.165) is 10.4 Å². The predicted molar refractivity (Wildman–Crippen MR) is 101 cm³/mol. The molecule has 0 radical (unpaired) electrons. The van der Waals surface area contributed by atoms with E-state index in [1.54, 1.807) is 24.3 Å². The summed E-state index contributed by atoms with van der Waals surface area (Å²) < 4.78 is 37.0. The van der Waals surface area contributed by atoms with Crippen molar-refractivity contribution < 1.29 is 27.5 Å². The zero-order valence-corrected chi connectivity index (χ0v) is 16.5. The number of carbonyl (C=O) groups excluding carboxylic acids is 2. The molecular weight excluding hydrogens is 394 g/mol. The first-order chi connectivity index (χ1) is 12.7. The van der Waals surface area contributed by atoms with Crippen molar-refractivity contribution in [3.8, 4) is 5.75 Å². The Hall–Kier alpha value is -2.58. The summed E-state index contributed by atoms with van der Waals surface area (Å²) in [5.41, 5.74) is 0.183. The molecule has 0 bridgehead atoms. The minimum atomic E-state index is -4.01. The van der Waals surface area contributed by atoms with Crippen LogP contribution in [0.5, 0.6) is 5.75 Å². The molecule has 27 heavy (non-hydrogen) atoms. The Bertz CT molecular complexity index is 974. The highest BCUT2D eigenvalue weighted by Gasteiger charge is 2.26. The number of Topliss-reactive ketones (excluding diaryl/α,β-unsaturated/α-hetero) is 1. The van der Waals surface area contributed by atoms with Crippen LogP contribution in [0, 0.1) is 0 Å². The highest BCUT2D eigenvalue weighted by atomic mass is 35.5. The number of esters is 1. The summed E-state index contributed by atoms with van der Waals surface area (Å²) in [4.78, 5) is 22.9. The van der Waals surface area contributed by atoms with Crippen molar-refractivity contribution >= 4 is 39.1 Å². The van der Waals surface area contributed by atoms with Crippen LogP contribution in [0.15, 0.2) is 47.4 Å². The van der Waals surface area contributed by atoms with Gasteiger partial charge in [0.05, 0.1) is 28.3 Å². The maximum atomic E-state index is 13.0. The summed E-state index contributed by atoms with van der Waals surface area (Å²) in [5, 5.41) is 0.0162. The maximum absolute atomic E-state index is 13.0. The lowest BCUT2D eigenvalue weighted by Crippen LogP contribution is -2.27. The number of methoxy groups -OCH3 is 1. The average Bonchev–Trinajstić information content (AvgIpc) is 2.65. The number of hydrogen-bond acceptors (Lipinski definition) is 6. The fourth-order valence-electron chi connectivity index (χ4n) is 2.24. The highest BCUT2D eigenvalue weighted by Crippen LogP contribution is 2.32. The van der Waals surface area contributed by atoms with Crippen molar-refractivity contribution in [2.45, 2.75) is 11.8 Å². The lowest BCUT2D eigenvalue weighted by molar-refractivity contribution is -0.120. The number of ether oxygens (including phenoxy) is 2. The molecule has 0 saturated heterocycles. The predicted octanol–water partition coefficient (Wildman–Crippen LogP) is 2.92. The Labute approximate surface area is 162 Å². The fraction of sp³-hybridized carbons (Fsp3) is 0.222. The minimum Gasteiger partial charge on any atom is -0.495 e. The number of nitrogens with zero attached hydrogens (tertiary/aromatic N) is 1. The van der Waals surface area contributed by atoms with Gasteiger partial charge in [0.25, 0.3) is 10.0 Å². The molecule has 144 valence electrons. The van der Waals surface area contributed by atoms with Crippen LogP contribution < -0.4 is 9.04 Å². The number of sulfonamides is 1. The third kappa shape index (κ3) is 4.58. The van der Waals surface area contributed by atoms with E-state index in [-0.39, 0.29) is 21.3 Å². The molecule has 0 heterocycles. The topological polar surface area (TPSA) is 90.0 Å². The number of hydrogen-bond donors (Lipinski definition) is 0. The van der Waals surface area contributed by atoms with Crippen molar-refractivity contribution in [2.24, 2.45) is 0 Å². The normalized spacial score (nSPS) is 11.0. The number of benzene rings is 2. The molecule has 9 heteroatoms. The van der Waals surface area contributed by atoms with Gasteiger partial charge in [-0.05, 0) is 37.3 Å². The minimum absolute atomic E-state index is 0.0162. The van der Waals surface area contributed by atoms with Crippen molar-refractivity contribution in [1.29, 1.82) is 0 Å². The molecule has 0 fully saturated rings. The molecule has 7 nitrogen and oxygen atoms in total. The molecule has 0 N–H and O–H groups in total. The Morgan fingerprint density at radius 1 is 1.15 bits per heavy atom. The van der Waals surface area contributed by atoms with Gasteiger partial charge in [0.1, 0.15) is 12.4 Å². The third-order valence-corrected chi connectivity index (χ3v) is 5.74. The summed E-state index contributed by atoms with van der Waals surface area (Å²) in [6.45, 7) is 0.839. The summed E-state index contributed by atoms with van der Waals surface area (Å²) in [7, 11) is -1.20. The molecule has 0 aromatic heterocycles. The fourth-order valence-corrected chi connectivity index (χ4v) is 3.67. The van der Waals surface area contributed by atoms with Gasteiger partial charge in [-0.1, -0.05) is 23.7 Å². The largest absolute Gasteiger partial charge is 0.495 e. The van der Waals surface area contributed by atoms with Crippen LogP contribution in [-0.4, -0.2) is 40.9 Å². The van der Waals surface area contributed by atoms with Gasteiger partial charge in [0.15, 0.2) is 5.78 Å². The van der Waals surface area contributed by atoms with E-state index in [0.29, 0.717) is 11.4 Å². The number of para-hydroxylation sites is 2. The molecule has 0 aliphatic rings. The Morgan fingerprint density at radius 3 is 2.44 bits per heavy atom. The van der Waals surface area contributed by atoms with Crippen LogP contribution in [-0.2, 0) is 19.6 Å². The standard InChI is InChI=1S/C18H18ClNO6S/c1-12(21)11-26-18(22)14-10-13(8-9-15(14)19)27(23,24)20(2)16-6-4-5-7-17(16)25-3/h4-10H,11H2,1-3H3. The molecule has 2 rings (SSSR count). The number of anilines is 1. The second-order valence-corrected chi connectivity index (χ2v) is 7.94. The third-order valence-electron chi connectivity index (χ3n) is 3.65. The first kappa shape index (κ1) is 20.7. The molecule has 0 saturated carbocycles. The monoisotopic (exact) mass is 411 g/mol. The number of halogens is 1. The van der Waals surface area contributed by atoms with Crippen LogP contribution in [0.25, 0.3) is 0 Å². The van der Waals surface area contributed by atoms with E-state index >= 15 is 0 Å². The van der Waals surface area contributed by atoms with Gasteiger partial charge >= 0.3 is 5.97 Å². The van der Waals surface area contributed by atoms with E-state index in [2.05, 4.69) is 0 Å². The van der Waals surface area contributed by atoms with Gasteiger partial charge in [-0.2, -0.15) is 0 Å². The Balaban J connectivity index is 2.43. The SMILES string of the molecule is COc1ccccc1N(C)S(=O)(=O)c1ccc(Cl)c(C(=O)OCC(C)=O)c1. The van der Waals surface area contributed by atoms with Crippen LogP contribution in [0.4, 0.5) is 5.69 Å². The first-order valence-corrected chi connectivity index (χ1v) is 9.58. The highest BCUT2D eigenvalue weighted by molar-refractivity contribution is 7.92. The maximum Gasteiger partial charge on any atom is 0.340 e. The van der Waals surface area contributed by atoms with Crippen LogP contribution in [0.3, 0.4) is 0 Å². The van der Waals surface area contributed by atoms with E-state index in [1.165, 1.54) is 33.2 Å². The van der Waals surface area contributed by atoms with Crippen molar-refractivity contribution in [3.05, 3.63) is 53.1 Å². The summed E-state index contributed by atoms with van der Waals surface area (Å²) >= 11 is 5.99. The van der Waals surface area contributed by atoms with Gasteiger partial charge in [-0.3, -0.25) is 9.10 Å². The first-order valence-electron chi connectivity index (χ1n) is 7.76. The molecular formula is C18H18ClNO6S. The molecule has 0 amide bonds. The average molecular weight is 412 g/mol. The van der Waals surface area contributed by atoms with Crippen LogP contribution >= 0.6 is 11.6 Å². The molecule has 2 aromatic carbocycles. The lowest BCUT2D eigenvalue weighted by atomic mass is 10.2. The zero-order valence-electron chi connectivity index (χ0n) is 14.9. The quantitative estimate of drug-likeness (QED) is 0.651. The van der Waals surface area contributed by atoms with Crippen molar-refractivity contribution in [2.75, 3.05) is 25.1 Å². The van der Waals surface area contributed by atoms with E-state index in [1.807, 2.05) is 0 Å². The van der Waals surface area contributed by atoms with E-state index < -0.39 is 22.6 Å². The zero-order chi connectivity index (χ0) is 20.2. The molecule has 0 unspecified atom stereocenters. The lowest BCUT2D eigenvalue weighted by Gasteiger charge is -2.22. The Kier molecular flexibility index (Phi) is 6.45. The number of ketones is 1. The van der Waals surface area contributed by atoms with Gasteiger partial charge in [0, 0.05) is 7.05 Å². The van der Waals surface area contributed by atoms with Gasteiger partial charge < -0.3 is 9.47 Å². The number of rotatable bonds is 7. The van der Waals surface area contributed by atoms with E-state index in [4.69, 9.17) is 21.1 Å². The van der Waals surface area contributed by atoms with E-state index in [9.17, 15) is 18.0 Å². The second kappa shape index (κ2) is 8.41. The van der Waals surface area contributed by atoms with Gasteiger partial charge in [-0.15, -0.1) is 0 Å². The summed E-state index contributed by atoms with van der Waals surface area (Å²) in [6.07, 6.45) is 0. The molecule has 0 aliphatic carbocycles. The van der Waals surface area contributed by atoms with Gasteiger partial charge in [-0.25, -0.2) is 13.2 Å². The Morgan fingerprint density at radius 2 is 1.81 bits per heavy atom. The van der Waals surface area contributed by atoms with Crippen molar-refractivity contribution in [3.63, 3.8) is 0 Å². The smallest absolute Gasteiger partial charge is 0.340 e. The molecule has 0 atom stereocenters. The summed E-state index contributed by atoms with van der Waals surface area (Å²) in [5.74, 6) is -0.857. The van der Waals surface area contributed by atoms with Crippen LogP contribution in [0.1, 0.15) is 17.3 Å².